The van der Waals surface area contributed by atoms with Gasteiger partial charge in [-0.05, 0) is 32.1 Å². The average molecular weight is 241 g/mol. The molecule has 0 aromatic heterocycles. The zero-order chi connectivity index (χ0) is 12.5. The van der Waals surface area contributed by atoms with E-state index < -0.39 is 5.54 Å². The quantitative estimate of drug-likeness (QED) is 0.731. The molecule has 3 atom stereocenters. The fourth-order valence-electron chi connectivity index (χ4n) is 3.09. The molecule has 1 N–H and O–H groups in total. The minimum absolute atomic E-state index is 0.174. The lowest BCUT2D eigenvalue weighted by atomic mass is 9.79. The van der Waals surface area contributed by atoms with Crippen LogP contribution < -0.4 is 5.32 Å². The second-order valence-corrected chi connectivity index (χ2v) is 4.84. The van der Waals surface area contributed by atoms with Crippen LogP contribution in [-0.4, -0.2) is 37.2 Å². The molecule has 0 radical (unpaired) electrons. The molecule has 2 aliphatic heterocycles. The molecule has 5 heteroatoms. The lowest BCUT2D eigenvalue weighted by Gasteiger charge is -2.25. The first kappa shape index (κ1) is 12.4. The summed E-state index contributed by atoms with van der Waals surface area (Å²) in [5.74, 6) is -0.180. The van der Waals surface area contributed by atoms with Gasteiger partial charge in [0.2, 0.25) is 0 Å². The van der Waals surface area contributed by atoms with Crippen LogP contribution in [0.15, 0.2) is 0 Å². The van der Waals surface area contributed by atoms with Gasteiger partial charge in [0.1, 0.15) is 5.54 Å². The molecule has 2 rings (SSSR count). The van der Waals surface area contributed by atoms with Crippen LogP contribution in [0.5, 0.6) is 0 Å². The Morgan fingerprint density at radius 2 is 2.24 bits per heavy atom. The molecule has 96 valence electrons. The monoisotopic (exact) mass is 241 g/mol. The molecule has 0 amide bonds. The summed E-state index contributed by atoms with van der Waals surface area (Å²) in [5.41, 5.74) is -0.545. The number of carbonyl (C=O) groups is 2. The second kappa shape index (κ2) is 4.64. The summed E-state index contributed by atoms with van der Waals surface area (Å²) >= 11 is 0. The molecule has 2 fully saturated rings. The van der Waals surface area contributed by atoms with E-state index in [1.807, 2.05) is 0 Å². The van der Waals surface area contributed by atoms with Crippen molar-refractivity contribution in [1.29, 1.82) is 0 Å². The van der Waals surface area contributed by atoms with Crippen LogP contribution in [0.2, 0.25) is 0 Å². The van der Waals surface area contributed by atoms with Crippen molar-refractivity contribution in [2.45, 2.75) is 44.2 Å². The van der Waals surface area contributed by atoms with Crippen molar-refractivity contribution in [3.63, 3.8) is 0 Å². The van der Waals surface area contributed by atoms with Gasteiger partial charge in [0.15, 0.2) is 0 Å². The number of fused-ring (bicyclic) bond motifs is 2. The Morgan fingerprint density at radius 3 is 2.88 bits per heavy atom. The topological polar surface area (TPSA) is 64.6 Å². The van der Waals surface area contributed by atoms with E-state index in [4.69, 9.17) is 9.47 Å². The smallest absolute Gasteiger partial charge is 0.326 e. The van der Waals surface area contributed by atoms with E-state index in [0.29, 0.717) is 19.4 Å². The average Bonchev–Trinajstić information content (AvgIpc) is 2.87. The predicted octanol–water partition coefficient (Wildman–Crippen LogP) is 0.623. The summed E-state index contributed by atoms with van der Waals surface area (Å²) in [6, 6.07) is 0.249. The SMILES string of the molecule is CCOC(=O)CC1CC2(C(=O)OC)CCC1N2. The number of carbonyl (C=O) groups excluding carboxylic acids is 2. The van der Waals surface area contributed by atoms with Gasteiger partial charge in [-0.1, -0.05) is 0 Å². The zero-order valence-electron chi connectivity index (χ0n) is 10.3. The second-order valence-electron chi connectivity index (χ2n) is 4.84. The molecule has 0 aliphatic carbocycles. The van der Waals surface area contributed by atoms with Crippen molar-refractivity contribution in [3.05, 3.63) is 0 Å². The van der Waals surface area contributed by atoms with Crippen LogP contribution in [0.4, 0.5) is 0 Å². The van der Waals surface area contributed by atoms with E-state index in [2.05, 4.69) is 5.32 Å². The van der Waals surface area contributed by atoms with Gasteiger partial charge < -0.3 is 9.47 Å². The van der Waals surface area contributed by atoms with Crippen molar-refractivity contribution in [3.8, 4) is 0 Å². The summed E-state index contributed by atoms with van der Waals surface area (Å²) in [5, 5.41) is 3.31. The fraction of sp³-hybridized carbons (Fsp3) is 0.833. The highest BCUT2D eigenvalue weighted by Crippen LogP contribution is 2.43. The van der Waals surface area contributed by atoms with E-state index in [-0.39, 0.29) is 23.9 Å². The number of methoxy groups -OCH3 is 1. The third-order valence-electron chi connectivity index (χ3n) is 3.83. The maximum absolute atomic E-state index is 11.7. The number of rotatable bonds is 4. The Morgan fingerprint density at radius 1 is 1.47 bits per heavy atom. The van der Waals surface area contributed by atoms with Crippen LogP contribution in [0.3, 0.4) is 0 Å². The Hall–Kier alpha value is -1.10. The largest absolute Gasteiger partial charge is 0.468 e. The number of hydrogen-bond donors (Lipinski definition) is 1. The van der Waals surface area contributed by atoms with Crippen molar-refractivity contribution in [1.82, 2.24) is 5.32 Å². The van der Waals surface area contributed by atoms with Gasteiger partial charge in [0.05, 0.1) is 13.7 Å². The van der Waals surface area contributed by atoms with E-state index in [0.717, 1.165) is 12.8 Å². The highest BCUT2D eigenvalue weighted by atomic mass is 16.5. The molecular weight excluding hydrogens is 222 g/mol. The molecule has 2 bridgehead atoms. The third-order valence-corrected chi connectivity index (χ3v) is 3.83. The van der Waals surface area contributed by atoms with Gasteiger partial charge in [0.25, 0.3) is 0 Å². The van der Waals surface area contributed by atoms with E-state index >= 15 is 0 Å². The maximum Gasteiger partial charge on any atom is 0.326 e. The van der Waals surface area contributed by atoms with Gasteiger partial charge in [0, 0.05) is 12.5 Å². The Kier molecular flexibility index (Phi) is 3.38. The highest BCUT2D eigenvalue weighted by molar-refractivity contribution is 5.82. The summed E-state index contributed by atoms with van der Waals surface area (Å²) in [7, 11) is 1.41. The first-order valence-corrected chi connectivity index (χ1v) is 6.13. The van der Waals surface area contributed by atoms with E-state index in [1.54, 1.807) is 6.92 Å². The molecule has 0 aromatic rings. The first-order chi connectivity index (χ1) is 8.11. The summed E-state index contributed by atoms with van der Waals surface area (Å²) in [6.45, 7) is 2.21. The molecule has 0 saturated carbocycles. The molecule has 3 unspecified atom stereocenters. The predicted molar refractivity (Wildman–Crippen MR) is 60.3 cm³/mol. The highest BCUT2D eigenvalue weighted by Gasteiger charge is 2.55. The molecule has 2 heterocycles. The lowest BCUT2D eigenvalue weighted by Crippen LogP contribution is -2.45. The molecule has 17 heavy (non-hydrogen) atoms. The van der Waals surface area contributed by atoms with Gasteiger partial charge in [-0.2, -0.15) is 0 Å². The minimum Gasteiger partial charge on any atom is -0.468 e. The van der Waals surface area contributed by atoms with Gasteiger partial charge >= 0.3 is 11.9 Å². The van der Waals surface area contributed by atoms with Crippen LogP contribution in [0.1, 0.15) is 32.6 Å². The van der Waals surface area contributed by atoms with Crippen molar-refractivity contribution >= 4 is 11.9 Å². The molecule has 0 spiro atoms. The molecule has 5 nitrogen and oxygen atoms in total. The third kappa shape index (κ3) is 2.16. The number of ether oxygens (including phenoxy) is 2. The first-order valence-electron chi connectivity index (χ1n) is 6.13. The number of hydrogen-bond acceptors (Lipinski definition) is 5. The number of nitrogens with one attached hydrogen (secondary N) is 1. The fourth-order valence-corrected chi connectivity index (χ4v) is 3.09. The molecule has 0 aromatic carbocycles. The lowest BCUT2D eigenvalue weighted by molar-refractivity contribution is -0.149. The van der Waals surface area contributed by atoms with Crippen LogP contribution in [0, 0.1) is 5.92 Å². The van der Waals surface area contributed by atoms with E-state index in [9.17, 15) is 9.59 Å². The van der Waals surface area contributed by atoms with Crippen molar-refractivity contribution in [2.24, 2.45) is 5.92 Å². The minimum atomic E-state index is -0.545. The maximum atomic E-state index is 11.7. The van der Waals surface area contributed by atoms with Crippen molar-refractivity contribution < 1.29 is 19.1 Å². The van der Waals surface area contributed by atoms with Crippen LogP contribution >= 0.6 is 0 Å². The molecule has 2 saturated heterocycles. The Labute approximate surface area is 101 Å². The summed E-state index contributed by atoms with van der Waals surface area (Å²) in [6.07, 6.45) is 2.82. The molecule has 2 aliphatic rings. The summed E-state index contributed by atoms with van der Waals surface area (Å²) < 4.78 is 9.79. The summed E-state index contributed by atoms with van der Waals surface area (Å²) in [4.78, 5) is 23.2. The van der Waals surface area contributed by atoms with Gasteiger partial charge in [-0.3, -0.25) is 14.9 Å². The van der Waals surface area contributed by atoms with Crippen molar-refractivity contribution in [2.75, 3.05) is 13.7 Å². The zero-order valence-corrected chi connectivity index (χ0v) is 10.3. The Bertz CT molecular complexity index is 330. The normalized spacial score (nSPS) is 34.7. The van der Waals surface area contributed by atoms with Crippen LogP contribution in [-0.2, 0) is 19.1 Å². The van der Waals surface area contributed by atoms with Crippen LogP contribution in [0.25, 0.3) is 0 Å². The van der Waals surface area contributed by atoms with Gasteiger partial charge in [-0.25, -0.2) is 0 Å². The molecular formula is C12H19NO4. The van der Waals surface area contributed by atoms with E-state index in [1.165, 1.54) is 7.11 Å². The number of esters is 2. The Balaban J connectivity index is 1.97. The van der Waals surface area contributed by atoms with Gasteiger partial charge in [-0.15, -0.1) is 0 Å². The standard InChI is InChI=1S/C12H19NO4/c1-3-17-10(14)6-8-7-12(11(15)16-2)5-4-9(8)13-12/h8-9,13H,3-7H2,1-2H3.